The minimum atomic E-state index is -0.352. The maximum Gasteiger partial charge on any atom is 0.336 e. The molecule has 34 heavy (non-hydrogen) atoms. The van der Waals surface area contributed by atoms with Crippen molar-refractivity contribution in [1.82, 2.24) is 23.8 Å². The second kappa shape index (κ2) is 6.85. The summed E-state index contributed by atoms with van der Waals surface area (Å²) in [5, 5.41) is 17.7. The molecule has 0 radical (unpaired) electrons. The number of aryl methyl sites for hydroxylation is 1. The van der Waals surface area contributed by atoms with Gasteiger partial charge in [0, 0.05) is 24.4 Å². The molecule has 0 aliphatic carbocycles. The van der Waals surface area contributed by atoms with Crippen molar-refractivity contribution < 1.29 is 9.90 Å². The number of aromatic hydroxyl groups is 1. The summed E-state index contributed by atoms with van der Waals surface area (Å²) in [6.07, 6.45) is 0.629. The maximum atomic E-state index is 13.5. The van der Waals surface area contributed by atoms with Crippen molar-refractivity contribution in [3.63, 3.8) is 0 Å². The molecule has 1 amide bonds. The molecule has 6 rings (SSSR count). The van der Waals surface area contributed by atoms with Crippen LogP contribution in [0.3, 0.4) is 0 Å². The first-order valence-corrected chi connectivity index (χ1v) is 11.6. The topological polar surface area (TPSA) is 85.3 Å². The van der Waals surface area contributed by atoms with Gasteiger partial charge in [0.25, 0.3) is 5.91 Å². The highest BCUT2D eigenvalue weighted by molar-refractivity contribution is 5.93. The molecule has 2 aromatic heterocycles. The van der Waals surface area contributed by atoms with Gasteiger partial charge >= 0.3 is 5.69 Å². The number of hydrogen-bond acceptors (Lipinski definition) is 4. The minimum Gasteiger partial charge on any atom is -0.493 e. The van der Waals surface area contributed by atoms with Gasteiger partial charge in [0.1, 0.15) is 11.4 Å². The van der Waals surface area contributed by atoms with Crippen molar-refractivity contribution in [1.29, 1.82) is 0 Å². The Hall–Kier alpha value is -3.81. The first-order valence-electron chi connectivity index (χ1n) is 11.6. The quantitative estimate of drug-likeness (QED) is 0.498. The Morgan fingerprint density at radius 3 is 2.59 bits per heavy atom. The highest BCUT2D eigenvalue weighted by atomic mass is 16.3. The summed E-state index contributed by atoms with van der Waals surface area (Å²) in [6, 6.07) is 14.8. The lowest BCUT2D eigenvalue weighted by molar-refractivity contribution is 0.0700. The number of nitrogens with zero attached hydrogens (tertiary/aromatic N) is 5. The molecule has 0 spiro atoms. The molecule has 2 aromatic carbocycles. The van der Waals surface area contributed by atoms with E-state index in [0.29, 0.717) is 30.0 Å². The van der Waals surface area contributed by atoms with E-state index in [2.05, 4.69) is 25.9 Å². The van der Waals surface area contributed by atoms with Gasteiger partial charge in [-0.05, 0) is 23.9 Å². The summed E-state index contributed by atoms with van der Waals surface area (Å²) in [5.74, 6) is -0.222. The molecule has 2 atom stereocenters. The van der Waals surface area contributed by atoms with Gasteiger partial charge in [-0.25, -0.2) is 9.36 Å². The van der Waals surface area contributed by atoms with Crippen LogP contribution in [-0.2, 0) is 12.5 Å². The number of rotatable bonds is 2. The molecule has 1 fully saturated rings. The highest BCUT2D eigenvalue weighted by Crippen LogP contribution is 2.49. The first kappa shape index (κ1) is 20.8. The Morgan fingerprint density at radius 1 is 1.12 bits per heavy atom. The molecule has 8 nitrogen and oxygen atoms in total. The molecular formula is C26H27N5O3. The molecule has 2 bridgehead atoms. The van der Waals surface area contributed by atoms with E-state index in [1.807, 2.05) is 48.5 Å². The molecule has 2 unspecified atom stereocenters. The fourth-order valence-electron chi connectivity index (χ4n) is 5.47. The van der Waals surface area contributed by atoms with Crippen LogP contribution >= 0.6 is 0 Å². The Labute approximate surface area is 196 Å². The Morgan fingerprint density at radius 2 is 1.85 bits per heavy atom. The zero-order valence-corrected chi connectivity index (χ0v) is 19.7. The van der Waals surface area contributed by atoms with Crippen LogP contribution < -0.4 is 5.69 Å². The summed E-state index contributed by atoms with van der Waals surface area (Å²) in [4.78, 5) is 28.8. The highest BCUT2D eigenvalue weighted by Gasteiger charge is 2.49. The molecule has 1 saturated heterocycles. The van der Waals surface area contributed by atoms with Crippen LogP contribution in [0.4, 0.5) is 0 Å². The summed E-state index contributed by atoms with van der Waals surface area (Å²) < 4.78 is 4.69. The van der Waals surface area contributed by atoms with E-state index >= 15 is 0 Å². The molecule has 4 heterocycles. The van der Waals surface area contributed by atoms with E-state index in [1.165, 1.54) is 4.57 Å². The van der Waals surface area contributed by atoms with E-state index in [0.717, 1.165) is 16.5 Å². The second-order valence-electron chi connectivity index (χ2n) is 10.3. The van der Waals surface area contributed by atoms with E-state index in [4.69, 9.17) is 0 Å². The molecule has 8 heteroatoms. The number of hydrogen-bond donors (Lipinski definition) is 1. The zero-order valence-electron chi connectivity index (χ0n) is 19.7. The molecule has 1 N–H and O–H groups in total. The van der Waals surface area contributed by atoms with Gasteiger partial charge in [0.2, 0.25) is 5.88 Å². The van der Waals surface area contributed by atoms with Crippen molar-refractivity contribution in [3.05, 3.63) is 76.1 Å². The molecule has 0 saturated carbocycles. The van der Waals surface area contributed by atoms with E-state index < -0.39 is 0 Å². The van der Waals surface area contributed by atoms with Crippen molar-refractivity contribution in [3.8, 4) is 11.6 Å². The van der Waals surface area contributed by atoms with Crippen LogP contribution in [-0.4, -0.2) is 41.4 Å². The number of carbonyl (C=O) groups excluding carboxylic acids is 1. The number of imidazole rings is 1. The van der Waals surface area contributed by atoms with E-state index in [-0.39, 0.29) is 35.0 Å². The number of amides is 1. The summed E-state index contributed by atoms with van der Waals surface area (Å²) in [7, 11) is 1.78. The minimum absolute atomic E-state index is 0.0910. The Kier molecular flexibility index (Phi) is 4.19. The van der Waals surface area contributed by atoms with Gasteiger partial charge in [-0.3, -0.25) is 14.0 Å². The van der Waals surface area contributed by atoms with Gasteiger partial charge in [-0.1, -0.05) is 57.2 Å². The van der Waals surface area contributed by atoms with Crippen molar-refractivity contribution in [2.24, 2.45) is 7.05 Å². The van der Waals surface area contributed by atoms with Crippen molar-refractivity contribution >= 4 is 16.7 Å². The van der Waals surface area contributed by atoms with Gasteiger partial charge in [0.05, 0.1) is 23.5 Å². The average molecular weight is 458 g/mol. The summed E-state index contributed by atoms with van der Waals surface area (Å²) in [6.45, 7) is 6.63. The van der Waals surface area contributed by atoms with E-state index in [1.54, 1.807) is 21.2 Å². The fraction of sp³-hybridized carbons (Fsp3) is 0.346. The Balaban J connectivity index is 1.43. The SMILES string of the molecule is Cn1nc(C(C)(C)C)cc1C(=O)N1CC2CC1c1c(O)n(-c3cccc4ccccc34)c(=O)n12. The fourth-order valence-corrected chi connectivity index (χ4v) is 5.47. The molecule has 2 aliphatic rings. The monoisotopic (exact) mass is 457 g/mol. The van der Waals surface area contributed by atoms with Crippen LogP contribution in [0.1, 0.15) is 61.2 Å². The largest absolute Gasteiger partial charge is 0.493 e. The lowest BCUT2D eigenvalue weighted by Crippen LogP contribution is -2.38. The summed E-state index contributed by atoms with van der Waals surface area (Å²) >= 11 is 0. The number of benzene rings is 2. The molecule has 4 aromatic rings. The zero-order chi connectivity index (χ0) is 23.9. The van der Waals surface area contributed by atoms with Crippen molar-refractivity contribution in [2.45, 2.75) is 44.7 Å². The lowest BCUT2D eigenvalue weighted by atomic mass is 9.92. The predicted molar refractivity (Wildman–Crippen MR) is 129 cm³/mol. The Bertz CT molecular complexity index is 1530. The normalized spacial score (nSPS) is 19.2. The van der Waals surface area contributed by atoms with Gasteiger partial charge < -0.3 is 10.0 Å². The van der Waals surface area contributed by atoms with Gasteiger partial charge in [-0.15, -0.1) is 0 Å². The van der Waals surface area contributed by atoms with Gasteiger partial charge in [0.15, 0.2) is 0 Å². The number of likely N-dealkylation sites (tertiary alicyclic amines) is 1. The average Bonchev–Trinajstić information content (AvgIpc) is 3.55. The lowest BCUT2D eigenvalue weighted by Gasteiger charge is -2.27. The van der Waals surface area contributed by atoms with Gasteiger partial charge in [-0.2, -0.15) is 5.10 Å². The smallest absolute Gasteiger partial charge is 0.336 e. The van der Waals surface area contributed by atoms with Crippen LogP contribution in [0.15, 0.2) is 53.3 Å². The third-order valence-electron chi connectivity index (χ3n) is 7.19. The standard InChI is InChI=1S/C26H27N5O3/c1-26(2,3)21-13-20(28(4)27-21)23(32)29-14-16-12-19(29)22-24(33)31(25(34)30(16)22)18-11-7-9-15-8-5-6-10-17(15)18/h5-11,13,16,19,33H,12,14H2,1-4H3. The van der Waals surface area contributed by atoms with Crippen LogP contribution in [0, 0.1) is 0 Å². The second-order valence-corrected chi connectivity index (χ2v) is 10.3. The van der Waals surface area contributed by atoms with Crippen LogP contribution in [0.2, 0.25) is 0 Å². The molecule has 174 valence electrons. The molecular weight excluding hydrogens is 430 g/mol. The van der Waals surface area contributed by atoms with Crippen LogP contribution in [0.25, 0.3) is 16.5 Å². The maximum absolute atomic E-state index is 13.5. The number of fused-ring (bicyclic) bond motifs is 6. The predicted octanol–water partition coefficient (Wildman–Crippen LogP) is 3.67. The number of carbonyl (C=O) groups is 1. The van der Waals surface area contributed by atoms with E-state index in [9.17, 15) is 14.7 Å². The number of aromatic nitrogens is 4. The third kappa shape index (κ3) is 2.74. The van der Waals surface area contributed by atoms with Crippen molar-refractivity contribution in [2.75, 3.05) is 6.54 Å². The first-order chi connectivity index (χ1) is 16.2. The third-order valence-corrected chi connectivity index (χ3v) is 7.19. The summed E-state index contributed by atoms with van der Waals surface area (Å²) in [5.41, 5.74) is 2.08. The van der Waals surface area contributed by atoms with Crippen LogP contribution in [0.5, 0.6) is 5.88 Å². The molecule has 2 aliphatic heterocycles.